The maximum Gasteiger partial charge on any atom is 0.217 e. The summed E-state index contributed by atoms with van der Waals surface area (Å²) in [4.78, 5) is 11.1. The maximum absolute atomic E-state index is 11.1. The number of carbonyl (C=O) groups excluding carboxylic acids is 1. The van der Waals surface area contributed by atoms with Gasteiger partial charge in [0, 0.05) is 6.42 Å². The Bertz CT molecular complexity index is 424. The van der Waals surface area contributed by atoms with Crippen LogP contribution in [0.4, 0.5) is 0 Å². The van der Waals surface area contributed by atoms with Crippen LogP contribution in [0, 0.1) is 0 Å². The minimum atomic E-state index is -1.36. The molecule has 0 aromatic rings. The van der Waals surface area contributed by atoms with Crippen LogP contribution in [0.15, 0.2) is 34.9 Å². The van der Waals surface area contributed by atoms with E-state index in [-0.39, 0.29) is 0 Å². The summed E-state index contributed by atoms with van der Waals surface area (Å²) in [6.07, 6.45) is 11.0. The monoisotopic (exact) mass is 310 g/mol. The quantitative estimate of drug-likeness (QED) is 0.464. The van der Waals surface area contributed by atoms with Crippen molar-refractivity contribution in [1.82, 2.24) is 0 Å². The summed E-state index contributed by atoms with van der Waals surface area (Å²) in [5, 5.41) is 9.32. The zero-order valence-corrected chi connectivity index (χ0v) is 15.0. The van der Waals surface area contributed by atoms with Crippen molar-refractivity contribution in [2.24, 2.45) is 0 Å². The Morgan fingerprint density at radius 2 is 1.48 bits per heavy atom. The minimum absolute atomic E-state index is 0.324. The molecule has 0 aromatic carbocycles. The molecule has 0 fully saturated rings. The molecule has 1 unspecified atom stereocenters. The van der Waals surface area contributed by atoms with Gasteiger partial charge in [-0.2, -0.15) is 0 Å². The molecule has 0 aliphatic heterocycles. The van der Waals surface area contributed by atoms with Gasteiger partial charge >= 0.3 is 0 Å². The lowest BCUT2D eigenvalue weighted by Crippen LogP contribution is -2.30. The molecule has 0 aliphatic carbocycles. The predicted molar refractivity (Wildman–Crippen MR) is 94.6 cm³/mol. The molecule has 0 spiro atoms. The molecule has 2 nitrogen and oxygen atoms in total. The van der Waals surface area contributed by atoms with Gasteiger partial charge in [-0.15, -0.1) is 12.6 Å². The Morgan fingerprint density at radius 1 is 1.00 bits per heavy atom. The van der Waals surface area contributed by atoms with Crippen LogP contribution in [-0.4, -0.2) is 15.8 Å². The van der Waals surface area contributed by atoms with E-state index in [9.17, 15) is 9.90 Å². The van der Waals surface area contributed by atoms with Gasteiger partial charge in [0.25, 0.3) is 0 Å². The van der Waals surface area contributed by atoms with E-state index in [0.717, 1.165) is 25.7 Å². The number of carbonyl (C=O) groups is 1. The molecule has 3 heteroatoms. The van der Waals surface area contributed by atoms with E-state index in [2.05, 4.69) is 45.6 Å². The number of rotatable bonds is 9. The van der Waals surface area contributed by atoms with E-state index in [1.807, 2.05) is 13.0 Å². The van der Waals surface area contributed by atoms with Crippen LogP contribution in [0.5, 0.6) is 0 Å². The Balaban J connectivity index is 4.16. The zero-order chi connectivity index (χ0) is 16.5. The summed E-state index contributed by atoms with van der Waals surface area (Å²) in [5.41, 5.74) is 2.61. The second kappa shape index (κ2) is 10.0. The summed E-state index contributed by atoms with van der Waals surface area (Å²) in [6, 6.07) is 0. The van der Waals surface area contributed by atoms with Crippen molar-refractivity contribution in [1.29, 1.82) is 0 Å². The predicted octanol–water partition coefficient (Wildman–Crippen LogP) is 5.00. The normalized spacial score (nSPS) is 15.6. The average Bonchev–Trinajstić information content (AvgIpc) is 2.36. The van der Waals surface area contributed by atoms with E-state index in [4.69, 9.17) is 0 Å². The lowest BCUT2D eigenvalue weighted by molar-refractivity contribution is -0.125. The second-order valence-corrected chi connectivity index (χ2v) is 6.65. The van der Waals surface area contributed by atoms with Gasteiger partial charge in [0.05, 0.1) is 0 Å². The summed E-state index contributed by atoms with van der Waals surface area (Å²) in [7, 11) is 0. The second-order valence-electron chi connectivity index (χ2n) is 6.24. The Kier molecular flexibility index (Phi) is 9.63. The Hall–Kier alpha value is -0.800. The van der Waals surface area contributed by atoms with Crippen LogP contribution in [0.25, 0.3) is 0 Å². The molecule has 0 bridgehead atoms. The summed E-state index contributed by atoms with van der Waals surface area (Å²) >= 11 is 3.69. The van der Waals surface area contributed by atoms with Gasteiger partial charge in [-0.3, -0.25) is 4.79 Å². The van der Waals surface area contributed by atoms with Crippen molar-refractivity contribution in [3.8, 4) is 0 Å². The molecule has 0 aromatic heterocycles. The molecule has 0 radical (unpaired) electrons. The van der Waals surface area contributed by atoms with Crippen molar-refractivity contribution in [2.75, 3.05) is 0 Å². The van der Waals surface area contributed by atoms with Crippen molar-refractivity contribution in [3.63, 3.8) is 0 Å². The van der Waals surface area contributed by atoms with Crippen LogP contribution >= 0.6 is 12.6 Å². The molecule has 0 amide bonds. The van der Waals surface area contributed by atoms with Crippen LogP contribution in [0.3, 0.4) is 0 Å². The summed E-state index contributed by atoms with van der Waals surface area (Å²) < 4.78 is 0. The van der Waals surface area contributed by atoms with Gasteiger partial charge in [0.1, 0.15) is 5.60 Å². The van der Waals surface area contributed by atoms with Crippen LogP contribution in [-0.2, 0) is 4.79 Å². The van der Waals surface area contributed by atoms with Gasteiger partial charge in [0.15, 0.2) is 0 Å². The Morgan fingerprint density at radius 3 is 1.95 bits per heavy atom. The molecule has 120 valence electrons. The largest absolute Gasteiger partial charge is 0.381 e. The maximum atomic E-state index is 11.1. The highest BCUT2D eigenvalue weighted by molar-refractivity contribution is 7.96. The number of aliphatic hydroxyl groups is 1. The fourth-order valence-electron chi connectivity index (χ4n) is 1.80. The van der Waals surface area contributed by atoms with E-state index in [1.165, 1.54) is 23.6 Å². The third kappa shape index (κ3) is 10.6. The molecule has 0 saturated heterocycles. The molecule has 0 aliphatic rings. The molecular weight excluding hydrogens is 280 g/mol. The van der Waals surface area contributed by atoms with Crippen LogP contribution in [0.2, 0.25) is 0 Å². The van der Waals surface area contributed by atoms with E-state index in [0.29, 0.717) is 6.42 Å². The SMILES string of the molecule is CC(C)=CCCC(C)=CCCC(C)=CCC(C)(O)C(=O)S. The van der Waals surface area contributed by atoms with Crippen molar-refractivity contribution < 1.29 is 9.90 Å². The smallest absolute Gasteiger partial charge is 0.217 e. The fraction of sp³-hybridized carbons (Fsp3) is 0.611. The first-order chi connectivity index (χ1) is 9.65. The number of thiol groups is 1. The van der Waals surface area contributed by atoms with Crippen LogP contribution < -0.4 is 0 Å². The molecule has 21 heavy (non-hydrogen) atoms. The standard InChI is InChI=1S/C18H30O2S/c1-14(2)8-6-9-15(3)10-7-11-16(4)12-13-18(5,20)17(19)21/h8,10,12,20H,6-7,9,11,13H2,1-5H3,(H,19,21). The van der Waals surface area contributed by atoms with Crippen molar-refractivity contribution in [2.45, 2.75) is 72.3 Å². The minimum Gasteiger partial charge on any atom is -0.381 e. The molecule has 0 saturated carbocycles. The van der Waals surface area contributed by atoms with Gasteiger partial charge in [-0.05, 0) is 60.3 Å². The summed E-state index contributed by atoms with van der Waals surface area (Å²) in [5.74, 6) is 0. The van der Waals surface area contributed by atoms with Crippen LogP contribution in [0.1, 0.15) is 66.7 Å². The number of hydrogen-bond donors (Lipinski definition) is 2. The first kappa shape index (κ1) is 20.2. The molecule has 1 N–H and O–H groups in total. The van der Waals surface area contributed by atoms with Crippen molar-refractivity contribution in [3.05, 3.63) is 34.9 Å². The summed E-state index contributed by atoms with van der Waals surface area (Å²) in [6.45, 7) is 9.95. The highest BCUT2D eigenvalue weighted by Crippen LogP contribution is 2.17. The van der Waals surface area contributed by atoms with Gasteiger partial charge in [0.2, 0.25) is 5.12 Å². The first-order valence-corrected chi connectivity index (χ1v) is 8.00. The van der Waals surface area contributed by atoms with Gasteiger partial charge < -0.3 is 5.11 Å². The van der Waals surface area contributed by atoms with E-state index in [1.54, 1.807) is 0 Å². The third-order valence-electron chi connectivity index (χ3n) is 3.43. The highest BCUT2D eigenvalue weighted by atomic mass is 32.1. The third-order valence-corrected chi connectivity index (χ3v) is 3.91. The Labute approximate surface area is 135 Å². The highest BCUT2D eigenvalue weighted by Gasteiger charge is 2.25. The zero-order valence-electron chi connectivity index (χ0n) is 14.1. The van der Waals surface area contributed by atoms with Gasteiger partial charge in [-0.1, -0.05) is 34.9 Å². The average molecular weight is 311 g/mol. The van der Waals surface area contributed by atoms with E-state index >= 15 is 0 Å². The lowest BCUT2D eigenvalue weighted by Gasteiger charge is -2.16. The lowest BCUT2D eigenvalue weighted by atomic mass is 10.0. The van der Waals surface area contributed by atoms with Gasteiger partial charge in [-0.25, -0.2) is 0 Å². The molecule has 0 rings (SSSR count). The number of allylic oxidation sites excluding steroid dienone is 5. The number of hydrogen-bond acceptors (Lipinski definition) is 2. The first-order valence-electron chi connectivity index (χ1n) is 7.55. The molecular formula is C18H30O2S. The molecule has 1 atom stereocenters. The van der Waals surface area contributed by atoms with Crippen molar-refractivity contribution >= 4 is 17.7 Å². The fourth-order valence-corrected chi connectivity index (χ4v) is 1.89. The topological polar surface area (TPSA) is 37.3 Å². The van der Waals surface area contributed by atoms with E-state index < -0.39 is 10.7 Å². The molecule has 0 heterocycles.